The third-order valence-electron chi connectivity index (χ3n) is 4.87. The van der Waals surface area contributed by atoms with Crippen molar-refractivity contribution in [2.75, 3.05) is 46.3 Å². The van der Waals surface area contributed by atoms with Crippen LogP contribution in [0.1, 0.15) is 26.2 Å². The van der Waals surface area contributed by atoms with Crippen molar-refractivity contribution in [2.45, 2.75) is 38.4 Å². The van der Waals surface area contributed by atoms with E-state index in [1.54, 1.807) is 0 Å². The Hall–Kier alpha value is -0.330. The zero-order valence-electron chi connectivity index (χ0n) is 13.1. The van der Waals surface area contributed by atoms with Crippen molar-refractivity contribution in [3.8, 4) is 0 Å². The molecule has 2 saturated heterocycles. The number of nitrogens with zero attached hydrogens (tertiary/aromatic N) is 2. The van der Waals surface area contributed by atoms with Crippen LogP contribution in [-0.2, 0) is 0 Å². The Kier molecular flexibility index (Phi) is 5.91. The zero-order chi connectivity index (χ0) is 15.5. The maximum Gasteiger partial charge on any atom is 0.401 e. The summed E-state index contributed by atoms with van der Waals surface area (Å²) in [5.41, 5.74) is 0. The lowest BCUT2D eigenvalue weighted by Crippen LogP contribution is -2.44. The number of likely N-dealkylation sites (tertiary alicyclic amines) is 2. The Morgan fingerprint density at radius 3 is 2.62 bits per heavy atom. The molecule has 2 aliphatic heterocycles. The molecule has 0 bridgehead atoms. The molecule has 0 spiro atoms. The molecule has 3 unspecified atom stereocenters. The van der Waals surface area contributed by atoms with E-state index in [0.717, 1.165) is 19.5 Å². The Balaban J connectivity index is 1.67. The van der Waals surface area contributed by atoms with E-state index in [-0.39, 0.29) is 0 Å². The van der Waals surface area contributed by atoms with Gasteiger partial charge in [-0.3, -0.25) is 4.90 Å². The number of rotatable bonds is 5. The van der Waals surface area contributed by atoms with E-state index < -0.39 is 12.7 Å². The van der Waals surface area contributed by atoms with Crippen LogP contribution in [-0.4, -0.2) is 68.3 Å². The van der Waals surface area contributed by atoms with Gasteiger partial charge in [-0.05, 0) is 64.7 Å². The maximum atomic E-state index is 12.4. The highest BCUT2D eigenvalue weighted by atomic mass is 19.4. The predicted octanol–water partition coefficient (Wildman–Crippen LogP) is 2.19. The molecule has 2 rings (SSSR count). The van der Waals surface area contributed by atoms with Crippen molar-refractivity contribution in [3.63, 3.8) is 0 Å². The van der Waals surface area contributed by atoms with Crippen molar-refractivity contribution < 1.29 is 13.2 Å². The minimum absolute atomic E-state index is 0.358. The van der Waals surface area contributed by atoms with E-state index in [0.29, 0.717) is 31.0 Å². The van der Waals surface area contributed by atoms with Crippen molar-refractivity contribution in [2.24, 2.45) is 11.8 Å². The highest BCUT2D eigenvalue weighted by Gasteiger charge is 2.34. The van der Waals surface area contributed by atoms with Crippen LogP contribution in [0.25, 0.3) is 0 Å². The van der Waals surface area contributed by atoms with E-state index in [4.69, 9.17) is 0 Å². The number of halogens is 3. The second-order valence-corrected chi connectivity index (χ2v) is 6.87. The summed E-state index contributed by atoms with van der Waals surface area (Å²) in [6.07, 6.45) is -0.692. The average molecular weight is 307 g/mol. The Bertz CT molecular complexity index is 322. The molecule has 0 radical (unpaired) electrons. The quantitative estimate of drug-likeness (QED) is 0.840. The molecular weight excluding hydrogens is 279 g/mol. The molecule has 2 heterocycles. The number of piperidine rings is 1. The number of hydrogen-bond donors (Lipinski definition) is 1. The average Bonchev–Trinajstić information content (AvgIpc) is 2.81. The van der Waals surface area contributed by atoms with Gasteiger partial charge in [0, 0.05) is 19.1 Å². The summed E-state index contributed by atoms with van der Waals surface area (Å²) in [6, 6.07) is 0.449. The Morgan fingerprint density at radius 1 is 1.19 bits per heavy atom. The van der Waals surface area contributed by atoms with Crippen molar-refractivity contribution >= 4 is 0 Å². The fourth-order valence-electron chi connectivity index (χ4n) is 3.61. The Labute approximate surface area is 125 Å². The summed E-state index contributed by atoms with van der Waals surface area (Å²) in [6.45, 7) is 5.75. The first-order valence-corrected chi connectivity index (χ1v) is 8.04. The molecule has 0 aromatic rings. The zero-order valence-corrected chi connectivity index (χ0v) is 13.1. The molecule has 0 amide bonds. The third-order valence-corrected chi connectivity index (χ3v) is 4.87. The van der Waals surface area contributed by atoms with E-state index in [1.165, 1.54) is 24.3 Å². The molecule has 124 valence electrons. The van der Waals surface area contributed by atoms with Gasteiger partial charge in [0.1, 0.15) is 0 Å². The van der Waals surface area contributed by atoms with Crippen LogP contribution in [0.2, 0.25) is 0 Å². The van der Waals surface area contributed by atoms with E-state index in [2.05, 4.69) is 24.2 Å². The van der Waals surface area contributed by atoms with Crippen LogP contribution in [0.3, 0.4) is 0 Å². The van der Waals surface area contributed by atoms with Gasteiger partial charge in [-0.1, -0.05) is 0 Å². The van der Waals surface area contributed by atoms with Gasteiger partial charge in [0.25, 0.3) is 0 Å². The van der Waals surface area contributed by atoms with Gasteiger partial charge in [-0.15, -0.1) is 0 Å². The molecule has 21 heavy (non-hydrogen) atoms. The van der Waals surface area contributed by atoms with Gasteiger partial charge in [0.2, 0.25) is 0 Å². The van der Waals surface area contributed by atoms with E-state index in [9.17, 15) is 13.2 Å². The fourth-order valence-corrected chi connectivity index (χ4v) is 3.61. The summed E-state index contributed by atoms with van der Waals surface area (Å²) >= 11 is 0. The normalized spacial score (nSPS) is 30.7. The summed E-state index contributed by atoms with van der Waals surface area (Å²) in [4.78, 5) is 3.90. The highest BCUT2D eigenvalue weighted by Crippen LogP contribution is 2.23. The highest BCUT2D eigenvalue weighted by molar-refractivity contribution is 4.83. The van der Waals surface area contributed by atoms with Gasteiger partial charge in [-0.2, -0.15) is 13.2 Å². The number of hydrogen-bond acceptors (Lipinski definition) is 3. The molecule has 0 saturated carbocycles. The predicted molar refractivity (Wildman–Crippen MR) is 78.3 cm³/mol. The monoisotopic (exact) mass is 307 g/mol. The van der Waals surface area contributed by atoms with Crippen LogP contribution in [0.15, 0.2) is 0 Å². The van der Waals surface area contributed by atoms with Crippen LogP contribution in [0.4, 0.5) is 13.2 Å². The summed E-state index contributed by atoms with van der Waals surface area (Å²) in [5, 5.41) is 3.56. The van der Waals surface area contributed by atoms with Gasteiger partial charge in [0.15, 0.2) is 0 Å². The molecule has 0 aromatic carbocycles. The molecule has 0 aliphatic carbocycles. The second-order valence-electron chi connectivity index (χ2n) is 6.87. The van der Waals surface area contributed by atoms with Crippen molar-refractivity contribution in [3.05, 3.63) is 0 Å². The summed E-state index contributed by atoms with van der Waals surface area (Å²) in [5.74, 6) is 1.02. The second kappa shape index (κ2) is 7.29. The molecule has 3 atom stereocenters. The molecule has 6 heteroatoms. The van der Waals surface area contributed by atoms with Crippen LogP contribution in [0.5, 0.6) is 0 Å². The minimum atomic E-state index is -4.07. The fraction of sp³-hybridized carbons (Fsp3) is 1.00. The molecule has 2 aliphatic rings. The van der Waals surface area contributed by atoms with Gasteiger partial charge in [0.05, 0.1) is 6.54 Å². The maximum absolute atomic E-state index is 12.4. The van der Waals surface area contributed by atoms with Crippen molar-refractivity contribution in [1.82, 2.24) is 15.1 Å². The van der Waals surface area contributed by atoms with Gasteiger partial charge in [-0.25, -0.2) is 0 Å². The topological polar surface area (TPSA) is 18.5 Å². The number of nitrogens with one attached hydrogen (secondary N) is 1. The number of alkyl halides is 3. The van der Waals surface area contributed by atoms with Crippen LogP contribution >= 0.6 is 0 Å². The first kappa shape index (κ1) is 17.0. The molecule has 1 N–H and O–H groups in total. The van der Waals surface area contributed by atoms with Crippen molar-refractivity contribution in [1.29, 1.82) is 0 Å². The first-order valence-electron chi connectivity index (χ1n) is 8.04. The SMILES string of the molecule is CC(NCC1CCN(CC(F)(F)F)C1)C1CCCN(C)C1. The summed E-state index contributed by atoms with van der Waals surface area (Å²) < 4.78 is 37.1. The van der Waals surface area contributed by atoms with Crippen LogP contribution < -0.4 is 5.32 Å². The molecule has 3 nitrogen and oxygen atoms in total. The largest absolute Gasteiger partial charge is 0.401 e. The standard InChI is InChI=1S/C15H28F3N3/c1-12(14-4-3-6-20(2)10-14)19-8-13-5-7-21(9-13)11-15(16,17)18/h12-14,19H,3-11H2,1-2H3. The summed E-state index contributed by atoms with van der Waals surface area (Å²) in [7, 11) is 2.16. The third kappa shape index (κ3) is 5.75. The molecule has 0 aromatic heterocycles. The lowest BCUT2D eigenvalue weighted by atomic mass is 9.91. The Morgan fingerprint density at radius 2 is 1.95 bits per heavy atom. The smallest absolute Gasteiger partial charge is 0.314 e. The van der Waals surface area contributed by atoms with Crippen LogP contribution in [0, 0.1) is 11.8 Å². The van der Waals surface area contributed by atoms with E-state index >= 15 is 0 Å². The molecular formula is C15H28F3N3. The lowest BCUT2D eigenvalue weighted by Gasteiger charge is -2.34. The minimum Gasteiger partial charge on any atom is -0.314 e. The van der Waals surface area contributed by atoms with Gasteiger partial charge < -0.3 is 10.2 Å². The first-order chi connectivity index (χ1) is 9.83. The lowest BCUT2D eigenvalue weighted by molar-refractivity contribution is -0.143. The van der Waals surface area contributed by atoms with Gasteiger partial charge >= 0.3 is 6.18 Å². The molecule has 2 fully saturated rings. The van der Waals surface area contributed by atoms with E-state index in [1.807, 2.05) is 0 Å².